The van der Waals surface area contributed by atoms with Crippen LogP contribution in [0.1, 0.15) is 16.1 Å². The van der Waals surface area contributed by atoms with Crippen LogP contribution < -0.4 is 0 Å². The molecule has 0 bridgehead atoms. The number of aryl methyl sites for hydroxylation is 1. The molecule has 0 aliphatic carbocycles. The van der Waals surface area contributed by atoms with Gasteiger partial charge in [0.15, 0.2) is 0 Å². The van der Waals surface area contributed by atoms with Crippen LogP contribution in [0, 0.1) is 6.92 Å². The van der Waals surface area contributed by atoms with E-state index in [2.05, 4.69) is 11.9 Å². The van der Waals surface area contributed by atoms with Gasteiger partial charge >= 0.3 is 0 Å². The molecule has 1 saturated heterocycles. The third-order valence-corrected chi connectivity index (χ3v) is 6.33. The molecular formula is C24H23Cl2N3O. The minimum atomic E-state index is -0.0150. The summed E-state index contributed by atoms with van der Waals surface area (Å²) in [7, 11) is 2.07. The molecule has 2 heterocycles. The van der Waals surface area contributed by atoms with Crippen LogP contribution in [-0.2, 0) is 0 Å². The van der Waals surface area contributed by atoms with E-state index in [-0.39, 0.29) is 5.91 Å². The van der Waals surface area contributed by atoms with Gasteiger partial charge in [0.1, 0.15) is 0 Å². The molecule has 0 N–H and O–H groups in total. The van der Waals surface area contributed by atoms with E-state index in [1.54, 1.807) is 6.07 Å². The normalized spacial score (nSPS) is 14.7. The van der Waals surface area contributed by atoms with Gasteiger partial charge in [-0.3, -0.25) is 9.78 Å². The van der Waals surface area contributed by atoms with Crippen molar-refractivity contribution >= 4 is 29.1 Å². The molecular weight excluding hydrogens is 417 g/mol. The van der Waals surface area contributed by atoms with Crippen LogP contribution in [0.25, 0.3) is 22.4 Å². The summed E-state index contributed by atoms with van der Waals surface area (Å²) in [5.74, 6) is -0.0150. The fourth-order valence-corrected chi connectivity index (χ4v) is 4.19. The number of nitrogens with zero attached hydrogens (tertiary/aromatic N) is 3. The van der Waals surface area contributed by atoms with Crippen molar-refractivity contribution in [2.45, 2.75) is 6.92 Å². The van der Waals surface area contributed by atoms with Gasteiger partial charge in [0, 0.05) is 37.3 Å². The van der Waals surface area contributed by atoms with E-state index in [1.165, 1.54) is 0 Å². The smallest absolute Gasteiger partial charge is 0.256 e. The second kappa shape index (κ2) is 8.76. The van der Waals surface area contributed by atoms with Gasteiger partial charge in [-0.15, -0.1) is 0 Å². The Morgan fingerprint density at radius 1 is 0.933 bits per heavy atom. The number of amides is 1. The van der Waals surface area contributed by atoms with Crippen molar-refractivity contribution in [3.05, 3.63) is 75.9 Å². The van der Waals surface area contributed by atoms with Crippen molar-refractivity contribution in [3.63, 3.8) is 0 Å². The van der Waals surface area contributed by atoms with Crippen molar-refractivity contribution < 1.29 is 4.79 Å². The highest BCUT2D eigenvalue weighted by Gasteiger charge is 2.27. The number of piperazine rings is 1. The lowest BCUT2D eigenvalue weighted by Gasteiger charge is -2.33. The van der Waals surface area contributed by atoms with Crippen molar-refractivity contribution in [2.75, 3.05) is 33.2 Å². The lowest BCUT2D eigenvalue weighted by molar-refractivity contribution is 0.0663. The first kappa shape index (κ1) is 20.9. The summed E-state index contributed by atoms with van der Waals surface area (Å²) in [6.45, 7) is 4.98. The predicted octanol–water partition coefficient (Wildman–Crippen LogP) is 5.42. The Labute approximate surface area is 187 Å². The average Bonchev–Trinajstić information content (AvgIpc) is 2.76. The summed E-state index contributed by atoms with van der Waals surface area (Å²) in [6.07, 6.45) is 0. The number of pyridine rings is 1. The Hall–Kier alpha value is -2.40. The molecule has 1 fully saturated rings. The molecule has 0 saturated carbocycles. The van der Waals surface area contributed by atoms with Crippen molar-refractivity contribution in [1.82, 2.24) is 14.8 Å². The Morgan fingerprint density at radius 2 is 1.63 bits per heavy atom. The van der Waals surface area contributed by atoms with E-state index in [9.17, 15) is 4.79 Å². The SMILES string of the molecule is Cc1nc(-c2ccccc2)cc(-c2cccc(Cl)c2Cl)c1C(=O)N1CCN(C)CC1. The molecule has 0 atom stereocenters. The minimum absolute atomic E-state index is 0.0150. The molecule has 0 radical (unpaired) electrons. The summed E-state index contributed by atoms with van der Waals surface area (Å²) in [5.41, 5.74) is 4.56. The van der Waals surface area contributed by atoms with Gasteiger partial charge in [-0.2, -0.15) is 0 Å². The van der Waals surface area contributed by atoms with Crippen molar-refractivity contribution in [1.29, 1.82) is 0 Å². The fourth-order valence-electron chi connectivity index (χ4n) is 3.79. The van der Waals surface area contributed by atoms with Crippen LogP contribution in [0.15, 0.2) is 54.6 Å². The summed E-state index contributed by atoms with van der Waals surface area (Å²) < 4.78 is 0. The maximum absolute atomic E-state index is 13.6. The molecule has 2 aromatic carbocycles. The fraction of sp³-hybridized carbons (Fsp3) is 0.250. The molecule has 1 amide bonds. The van der Waals surface area contributed by atoms with Gasteiger partial charge in [-0.1, -0.05) is 65.7 Å². The number of carbonyl (C=O) groups excluding carboxylic acids is 1. The zero-order chi connectivity index (χ0) is 21.3. The number of halogens is 2. The van der Waals surface area contributed by atoms with E-state index < -0.39 is 0 Å². The average molecular weight is 440 g/mol. The molecule has 4 nitrogen and oxygen atoms in total. The first-order chi connectivity index (χ1) is 14.5. The number of rotatable bonds is 3. The zero-order valence-corrected chi connectivity index (χ0v) is 18.5. The quantitative estimate of drug-likeness (QED) is 0.546. The second-order valence-corrected chi connectivity index (χ2v) is 8.36. The lowest BCUT2D eigenvalue weighted by atomic mass is 9.95. The highest BCUT2D eigenvalue weighted by Crippen LogP contribution is 2.38. The van der Waals surface area contributed by atoms with Crippen molar-refractivity contribution in [2.24, 2.45) is 0 Å². The van der Waals surface area contributed by atoms with E-state index in [0.29, 0.717) is 34.4 Å². The van der Waals surface area contributed by atoms with E-state index in [1.807, 2.05) is 60.4 Å². The van der Waals surface area contributed by atoms with Crippen molar-refractivity contribution in [3.8, 4) is 22.4 Å². The third kappa shape index (κ3) is 4.08. The summed E-state index contributed by atoms with van der Waals surface area (Å²) in [5, 5.41) is 0.902. The number of hydrogen-bond donors (Lipinski definition) is 0. The van der Waals surface area contributed by atoms with Gasteiger partial charge in [-0.25, -0.2) is 0 Å². The summed E-state index contributed by atoms with van der Waals surface area (Å²) in [4.78, 5) is 22.5. The second-order valence-electron chi connectivity index (χ2n) is 7.58. The van der Waals surface area contributed by atoms with Gasteiger partial charge in [0.25, 0.3) is 5.91 Å². The molecule has 1 aliphatic rings. The van der Waals surface area contributed by atoms with E-state index in [4.69, 9.17) is 28.2 Å². The van der Waals surface area contributed by atoms with Gasteiger partial charge in [-0.05, 0) is 31.7 Å². The van der Waals surface area contributed by atoms with Gasteiger partial charge < -0.3 is 9.80 Å². The third-order valence-electron chi connectivity index (χ3n) is 5.52. The van der Waals surface area contributed by atoms with Crippen LogP contribution in [0.4, 0.5) is 0 Å². The van der Waals surface area contributed by atoms with E-state index in [0.717, 1.165) is 35.5 Å². The number of aromatic nitrogens is 1. The van der Waals surface area contributed by atoms with Crippen LogP contribution >= 0.6 is 23.2 Å². The minimum Gasteiger partial charge on any atom is -0.336 e. The molecule has 4 rings (SSSR count). The standard InChI is InChI=1S/C24H23Cl2N3O/c1-16-22(24(30)29-13-11-28(2)12-14-29)19(18-9-6-10-20(25)23(18)26)15-21(27-16)17-7-4-3-5-8-17/h3-10,15H,11-14H2,1-2H3. The maximum Gasteiger partial charge on any atom is 0.256 e. The molecule has 154 valence electrons. The number of carbonyl (C=O) groups is 1. The molecule has 30 heavy (non-hydrogen) atoms. The molecule has 0 spiro atoms. The molecule has 6 heteroatoms. The van der Waals surface area contributed by atoms with Crippen LogP contribution in [0.2, 0.25) is 10.0 Å². The van der Waals surface area contributed by atoms with Crippen LogP contribution in [0.3, 0.4) is 0 Å². The zero-order valence-electron chi connectivity index (χ0n) is 17.0. The largest absolute Gasteiger partial charge is 0.336 e. The molecule has 3 aromatic rings. The highest BCUT2D eigenvalue weighted by molar-refractivity contribution is 6.43. The van der Waals surface area contributed by atoms with Gasteiger partial charge in [0.05, 0.1) is 27.0 Å². The molecule has 0 unspecified atom stereocenters. The molecule has 1 aliphatic heterocycles. The Kier molecular flexibility index (Phi) is 6.09. The Balaban J connectivity index is 1.88. The molecule has 1 aromatic heterocycles. The number of likely N-dealkylation sites (N-methyl/N-ethyl adjacent to an activating group) is 1. The topological polar surface area (TPSA) is 36.4 Å². The Bertz CT molecular complexity index is 1080. The number of hydrogen-bond acceptors (Lipinski definition) is 3. The highest BCUT2D eigenvalue weighted by atomic mass is 35.5. The van der Waals surface area contributed by atoms with Crippen LogP contribution in [-0.4, -0.2) is 53.9 Å². The number of benzene rings is 2. The predicted molar refractivity (Wildman–Crippen MR) is 123 cm³/mol. The van der Waals surface area contributed by atoms with Crippen LogP contribution in [0.5, 0.6) is 0 Å². The lowest BCUT2D eigenvalue weighted by Crippen LogP contribution is -2.47. The monoisotopic (exact) mass is 439 g/mol. The van der Waals surface area contributed by atoms with Gasteiger partial charge in [0.2, 0.25) is 0 Å². The first-order valence-electron chi connectivity index (χ1n) is 9.95. The summed E-state index contributed by atoms with van der Waals surface area (Å²) in [6, 6.07) is 17.4. The first-order valence-corrected chi connectivity index (χ1v) is 10.7. The Morgan fingerprint density at radius 3 is 2.33 bits per heavy atom. The maximum atomic E-state index is 13.6. The van der Waals surface area contributed by atoms with E-state index >= 15 is 0 Å². The summed E-state index contributed by atoms with van der Waals surface area (Å²) >= 11 is 12.9.